The highest BCUT2D eigenvalue weighted by atomic mass is 32.2. The van der Waals surface area contributed by atoms with Gasteiger partial charge in [0.15, 0.2) is 4.34 Å². The summed E-state index contributed by atoms with van der Waals surface area (Å²) in [5.74, 6) is 0.393. The number of hydrogen-bond acceptors (Lipinski definition) is 7. The van der Waals surface area contributed by atoms with Gasteiger partial charge in [-0.3, -0.25) is 14.4 Å². The maximum Gasteiger partial charge on any atom is 0.234 e. The molecular weight excluding hydrogens is 424 g/mol. The zero-order valence-electron chi connectivity index (χ0n) is 16.6. The standard InChI is InChI=1S/C20H24N4O4S2/c1-28-16-4-2-14(3-5-16)22-17(25)12-30-20-23-15(11-29-20)10-18(26)24-8-6-13(7-9-24)19(21)27/h2-5,11,13H,6-10,12H2,1H3,(H2,21,27)(H,22,25). The van der Waals surface area contributed by atoms with Gasteiger partial charge in [0.2, 0.25) is 17.7 Å². The van der Waals surface area contributed by atoms with Gasteiger partial charge in [0, 0.05) is 30.1 Å². The molecule has 30 heavy (non-hydrogen) atoms. The van der Waals surface area contributed by atoms with E-state index in [1.54, 1.807) is 36.3 Å². The number of anilines is 1. The van der Waals surface area contributed by atoms with Gasteiger partial charge in [0.05, 0.1) is 25.0 Å². The molecule has 0 spiro atoms. The Morgan fingerprint density at radius 3 is 2.60 bits per heavy atom. The van der Waals surface area contributed by atoms with Crippen LogP contribution in [-0.2, 0) is 20.8 Å². The minimum absolute atomic E-state index is 0.00276. The Labute approximate surface area is 183 Å². The van der Waals surface area contributed by atoms with Crippen molar-refractivity contribution in [3.8, 4) is 5.75 Å². The van der Waals surface area contributed by atoms with Gasteiger partial charge in [-0.15, -0.1) is 11.3 Å². The van der Waals surface area contributed by atoms with Crippen LogP contribution in [0.25, 0.3) is 0 Å². The molecule has 1 aliphatic rings. The number of thiazole rings is 1. The van der Waals surface area contributed by atoms with Crippen molar-refractivity contribution < 1.29 is 19.1 Å². The fraction of sp³-hybridized carbons (Fsp3) is 0.400. The van der Waals surface area contributed by atoms with Gasteiger partial charge in [-0.1, -0.05) is 11.8 Å². The summed E-state index contributed by atoms with van der Waals surface area (Å²) >= 11 is 2.76. The lowest BCUT2D eigenvalue weighted by molar-refractivity contribution is -0.134. The maximum atomic E-state index is 12.5. The average molecular weight is 449 g/mol. The molecule has 0 bridgehead atoms. The van der Waals surface area contributed by atoms with E-state index < -0.39 is 0 Å². The minimum atomic E-state index is -0.292. The summed E-state index contributed by atoms with van der Waals surface area (Å²) < 4.78 is 5.84. The third-order valence-corrected chi connectivity index (χ3v) is 6.88. The largest absolute Gasteiger partial charge is 0.497 e. The van der Waals surface area contributed by atoms with Crippen molar-refractivity contribution in [2.75, 3.05) is 31.3 Å². The lowest BCUT2D eigenvalue weighted by Gasteiger charge is -2.30. The zero-order valence-corrected chi connectivity index (χ0v) is 18.3. The number of likely N-dealkylation sites (tertiary alicyclic amines) is 1. The van der Waals surface area contributed by atoms with E-state index in [4.69, 9.17) is 10.5 Å². The molecule has 1 saturated heterocycles. The molecule has 0 atom stereocenters. The van der Waals surface area contributed by atoms with Gasteiger partial charge in [0.1, 0.15) is 5.75 Å². The third-order valence-electron chi connectivity index (χ3n) is 4.81. The molecule has 0 unspecified atom stereocenters. The Bertz CT molecular complexity index is 892. The number of nitrogens with two attached hydrogens (primary N) is 1. The van der Waals surface area contributed by atoms with E-state index in [1.165, 1.54) is 23.1 Å². The number of carbonyl (C=O) groups is 3. The number of benzene rings is 1. The molecule has 3 rings (SSSR count). The third kappa shape index (κ3) is 6.20. The van der Waals surface area contributed by atoms with E-state index in [1.807, 2.05) is 5.38 Å². The highest BCUT2D eigenvalue weighted by molar-refractivity contribution is 8.01. The number of methoxy groups -OCH3 is 1. The number of thioether (sulfide) groups is 1. The molecular formula is C20H24N4O4S2. The first-order chi connectivity index (χ1) is 14.4. The van der Waals surface area contributed by atoms with Gasteiger partial charge in [-0.25, -0.2) is 4.98 Å². The second kappa shape index (κ2) is 10.4. The maximum absolute atomic E-state index is 12.5. The fourth-order valence-corrected chi connectivity index (χ4v) is 4.76. The highest BCUT2D eigenvalue weighted by Gasteiger charge is 2.26. The first-order valence-corrected chi connectivity index (χ1v) is 11.4. The van der Waals surface area contributed by atoms with E-state index in [-0.39, 0.29) is 35.8 Å². The van der Waals surface area contributed by atoms with Crippen LogP contribution in [0.2, 0.25) is 0 Å². The molecule has 160 valence electrons. The van der Waals surface area contributed by atoms with Crippen LogP contribution in [0.15, 0.2) is 34.0 Å². The molecule has 10 heteroatoms. The van der Waals surface area contributed by atoms with Gasteiger partial charge >= 0.3 is 0 Å². The molecule has 3 N–H and O–H groups in total. The molecule has 3 amide bonds. The molecule has 8 nitrogen and oxygen atoms in total. The molecule has 1 aromatic heterocycles. The van der Waals surface area contributed by atoms with Crippen LogP contribution in [-0.4, -0.2) is 53.6 Å². The molecule has 0 saturated carbocycles. The second-order valence-electron chi connectivity index (χ2n) is 6.90. The lowest BCUT2D eigenvalue weighted by Crippen LogP contribution is -2.42. The molecule has 0 aliphatic carbocycles. The molecule has 1 aliphatic heterocycles. The summed E-state index contributed by atoms with van der Waals surface area (Å²) in [5.41, 5.74) is 6.73. The van der Waals surface area contributed by atoms with Crippen LogP contribution in [0, 0.1) is 5.92 Å². The minimum Gasteiger partial charge on any atom is -0.497 e. The summed E-state index contributed by atoms with van der Waals surface area (Å²) in [5, 5.41) is 4.67. The topological polar surface area (TPSA) is 115 Å². The number of amides is 3. The number of piperidine rings is 1. The van der Waals surface area contributed by atoms with Crippen molar-refractivity contribution in [2.45, 2.75) is 23.6 Å². The van der Waals surface area contributed by atoms with Crippen LogP contribution in [0.5, 0.6) is 5.75 Å². The predicted octanol–water partition coefficient (Wildman–Crippen LogP) is 2.15. The molecule has 0 radical (unpaired) electrons. The van der Waals surface area contributed by atoms with Crippen molar-refractivity contribution in [1.29, 1.82) is 0 Å². The fourth-order valence-electron chi connectivity index (χ4n) is 3.11. The number of ether oxygens (including phenoxy) is 1. The average Bonchev–Trinajstić information content (AvgIpc) is 3.20. The molecule has 2 heterocycles. The normalized spacial score (nSPS) is 14.4. The molecule has 2 aromatic rings. The van der Waals surface area contributed by atoms with Gasteiger partial charge in [0.25, 0.3) is 0 Å². The zero-order chi connectivity index (χ0) is 21.5. The van der Waals surface area contributed by atoms with E-state index in [0.29, 0.717) is 37.3 Å². The summed E-state index contributed by atoms with van der Waals surface area (Å²) in [6.07, 6.45) is 1.45. The summed E-state index contributed by atoms with van der Waals surface area (Å²) in [7, 11) is 1.59. The molecule has 1 aromatic carbocycles. The Morgan fingerprint density at radius 1 is 1.27 bits per heavy atom. The van der Waals surface area contributed by atoms with Crippen molar-refractivity contribution >= 4 is 46.5 Å². The first-order valence-electron chi connectivity index (χ1n) is 9.53. The van der Waals surface area contributed by atoms with Crippen LogP contribution in [0.4, 0.5) is 5.69 Å². The number of rotatable bonds is 8. The number of carbonyl (C=O) groups excluding carboxylic acids is 3. The van der Waals surface area contributed by atoms with Crippen molar-refractivity contribution in [3.63, 3.8) is 0 Å². The Kier molecular flexibility index (Phi) is 7.69. The summed E-state index contributed by atoms with van der Waals surface area (Å²) in [6.45, 7) is 1.09. The number of nitrogens with one attached hydrogen (secondary N) is 1. The monoisotopic (exact) mass is 448 g/mol. The van der Waals surface area contributed by atoms with Crippen LogP contribution < -0.4 is 15.8 Å². The van der Waals surface area contributed by atoms with E-state index >= 15 is 0 Å². The van der Waals surface area contributed by atoms with Crippen LogP contribution in [0.1, 0.15) is 18.5 Å². The van der Waals surface area contributed by atoms with Gasteiger partial charge in [-0.2, -0.15) is 0 Å². The summed E-state index contributed by atoms with van der Waals surface area (Å²) in [6, 6.07) is 7.12. The summed E-state index contributed by atoms with van der Waals surface area (Å²) in [4.78, 5) is 42.0. The Hall–Kier alpha value is -2.59. The van der Waals surface area contributed by atoms with Gasteiger partial charge < -0.3 is 20.7 Å². The number of aromatic nitrogens is 1. The first kappa shape index (κ1) is 22.1. The van der Waals surface area contributed by atoms with Crippen LogP contribution >= 0.6 is 23.1 Å². The SMILES string of the molecule is COc1ccc(NC(=O)CSc2nc(CC(=O)N3CCC(C(N)=O)CC3)cs2)cc1. The smallest absolute Gasteiger partial charge is 0.234 e. The Balaban J connectivity index is 1.42. The van der Waals surface area contributed by atoms with Crippen molar-refractivity contribution in [3.05, 3.63) is 35.3 Å². The predicted molar refractivity (Wildman–Crippen MR) is 117 cm³/mol. The van der Waals surface area contributed by atoms with Crippen LogP contribution in [0.3, 0.4) is 0 Å². The molecule has 1 fully saturated rings. The highest BCUT2D eigenvalue weighted by Crippen LogP contribution is 2.24. The lowest BCUT2D eigenvalue weighted by atomic mass is 9.96. The number of primary amides is 1. The van der Waals surface area contributed by atoms with Crippen molar-refractivity contribution in [1.82, 2.24) is 9.88 Å². The quantitative estimate of drug-likeness (QED) is 0.598. The van der Waals surface area contributed by atoms with Crippen molar-refractivity contribution in [2.24, 2.45) is 11.7 Å². The second-order valence-corrected chi connectivity index (χ2v) is 8.98. The number of hydrogen-bond donors (Lipinski definition) is 2. The van der Waals surface area contributed by atoms with Gasteiger partial charge in [-0.05, 0) is 37.1 Å². The number of nitrogens with zero attached hydrogens (tertiary/aromatic N) is 2. The van der Waals surface area contributed by atoms with E-state index in [2.05, 4.69) is 10.3 Å². The van der Waals surface area contributed by atoms with E-state index in [0.717, 1.165) is 10.1 Å². The Morgan fingerprint density at radius 2 is 1.97 bits per heavy atom. The van der Waals surface area contributed by atoms with E-state index in [9.17, 15) is 14.4 Å².